The second kappa shape index (κ2) is 6.35. The zero-order chi connectivity index (χ0) is 15.5. The second-order valence-corrected chi connectivity index (χ2v) is 5.86. The number of carboxylic acid groups (broad SMARTS) is 1. The van der Waals surface area contributed by atoms with Gasteiger partial charge in [-0.3, -0.25) is 9.69 Å². The first kappa shape index (κ1) is 15.6. The summed E-state index contributed by atoms with van der Waals surface area (Å²) < 4.78 is 10.6. The number of hydrogen-bond acceptors (Lipinski definition) is 4. The molecule has 116 valence electrons. The van der Waals surface area contributed by atoms with Crippen LogP contribution in [0.3, 0.4) is 0 Å². The lowest BCUT2D eigenvalue weighted by Gasteiger charge is -2.37. The van der Waals surface area contributed by atoms with E-state index in [1.165, 1.54) is 0 Å². The first-order chi connectivity index (χ1) is 9.98. The molecule has 1 fully saturated rings. The van der Waals surface area contributed by atoms with E-state index in [2.05, 4.69) is 4.90 Å². The molecule has 0 saturated carbocycles. The number of likely N-dealkylation sites (tertiary alicyclic amines) is 1. The SMILES string of the molecule is COc1ccc(CN2CCCC(C)(C(=O)O)C2)c(OC)c1. The Morgan fingerprint density at radius 1 is 1.38 bits per heavy atom. The van der Waals surface area contributed by atoms with Gasteiger partial charge in [-0.25, -0.2) is 0 Å². The number of hydrogen-bond donors (Lipinski definition) is 1. The monoisotopic (exact) mass is 293 g/mol. The van der Waals surface area contributed by atoms with E-state index in [9.17, 15) is 9.90 Å². The lowest BCUT2D eigenvalue weighted by molar-refractivity contribution is -0.151. The highest BCUT2D eigenvalue weighted by atomic mass is 16.5. The van der Waals surface area contributed by atoms with Crippen molar-refractivity contribution in [3.05, 3.63) is 23.8 Å². The lowest BCUT2D eigenvalue weighted by atomic mass is 9.82. The molecule has 0 spiro atoms. The standard InChI is InChI=1S/C16H23NO4/c1-16(15(18)19)7-4-8-17(11-16)10-12-5-6-13(20-2)9-14(12)21-3/h5-6,9H,4,7-8,10-11H2,1-3H3,(H,18,19). The Bertz CT molecular complexity index is 517. The Balaban J connectivity index is 2.12. The summed E-state index contributed by atoms with van der Waals surface area (Å²) >= 11 is 0. The average Bonchev–Trinajstić information content (AvgIpc) is 2.47. The summed E-state index contributed by atoms with van der Waals surface area (Å²) in [6.07, 6.45) is 1.64. The number of aliphatic carboxylic acids is 1. The van der Waals surface area contributed by atoms with E-state index in [0.29, 0.717) is 13.1 Å². The molecule has 1 atom stereocenters. The minimum atomic E-state index is -0.714. The van der Waals surface area contributed by atoms with Crippen LogP contribution in [0.2, 0.25) is 0 Å². The number of nitrogens with zero attached hydrogens (tertiary/aromatic N) is 1. The fraction of sp³-hybridized carbons (Fsp3) is 0.562. The van der Waals surface area contributed by atoms with Gasteiger partial charge in [0.15, 0.2) is 0 Å². The van der Waals surface area contributed by atoms with E-state index in [-0.39, 0.29) is 0 Å². The smallest absolute Gasteiger partial charge is 0.310 e. The predicted octanol–water partition coefficient (Wildman–Crippen LogP) is 2.39. The molecular formula is C16H23NO4. The molecule has 5 nitrogen and oxygen atoms in total. The van der Waals surface area contributed by atoms with Gasteiger partial charge in [0.2, 0.25) is 0 Å². The van der Waals surface area contributed by atoms with Crippen molar-refractivity contribution in [3.63, 3.8) is 0 Å². The van der Waals surface area contributed by atoms with Gasteiger partial charge in [0, 0.05) is 24.7 Å². The van der Waals surface area contributed by atoms with Gasteiger partial charge in [0.05, 0.1) is 19.6 Å². The number of piperidine rings is 1. The molecule has 1 aromatic carbocycles. The van der Waals surface area contributed by atoms with Crippen molar-refractivity contribution in [2.24, 2.45) is 5.41 Å². The third kappa shape index (κ3) is 3.47. The van der Waals surface area contributed by atoms with Crippen LogP contribution in [0.25, 0.3) is 0 Å². The van der Waals surface area contributed by atoms with Gasteiger partial charge in [-0.2, -0.15) is 0 Å². The summed E-state index contributed by atoms with van der Waals surface area (Å²) in [6, 6.07) is 5.73. The van der Waals surface area contributed by atoms with Crippen molar-refractivity contribution in [2.45, 2.75) is 26.3 Å². The van der Waals surface area contributed by atoms with Crippen LogP contribution in [0.5, 0.6) is 11.5 Å². The van der Waals surface area contributed by atoms with Gasteiger partial charge in [-0.05, 0) is 32.4 Å². The quantitative estimate of drug-likeness (QED) is 0.903. The number of rotatable bonds is 5. The van der Waals surface area contributed by atoms with Crippen molar-refractivity contribution >= 4 is 5.97 Å². The van der Waals surface area contributed by atoms with Crippen molar-refractivity contribution in [1.82, 2.24) is 4.90 Å². The maximum atomic E-state index is 11.4. The minimum absolute atomic E-state index is 0.567. The molecule has 0 radical (unpaired) electrons. The molecule has 1 aliphatic heterocycles. The third-order valence-electron chi connectivity index (χ3n) is 4.18. The Labute approximate surface area is 125 Å². The molecule has 1 aliphatic rings. The summed E-state index contributed by atoms with van der Waals surface area (Å²) in [5, 5.41) is 9.38. The van der Waals surface area contributed by atoms with Gasteiger partial charge < -0.3 is 14.6 Å². The first-order valence-corrected chi connectivity index (χ1v) is 7.15. The Kier molecular flexibility index (Phi) is 4.73. The predicted molar refractivity (Wildman–Crippen MR) is 79.8 cm³/mol. The molecule has 1 aromatic rings. The molecule has 1 saturated heterocycles. The molecule has 2 rings (SSSR count). The van der Waals surface area contributed by atoms with Crippen LogP contribution in [0, 0.1) is 5.41 Å². The van der Waals surface area contributed by atoms with Gasteiger partial charge in [0.1, 0.15) is 11.5 Å². The summed E-state index contributed by atoms with van der Waals surface area (Å²) in [7, 11) is 3.26. The lowest BCUT2D eigenvalue weighted by Crippen LogP contribution is -2.45. The largest absolute Gasteiger partial charge is 0.497 e. The third-order valence-corrected chi connectivity index (χ3v) is 4.18. The highest BCUT2D eigenvalue weighted by Crippen LogP contribution is 2.32. The van der Waals surface area contributed by atoms with E-state index in [1.807, 2.05) is 25.1 Å². The summed E-state index contributed by atoms with van der Waals surface area (Å²) in [6.45, 7) is 4.00. The van der Waals surface area contributed by atoms with Crippen LogP contribution in [0.15, 0.2) is 18.2 Å². The van der Waals surface area contributed by atoms with E-state index in [0.717, 1.165) is 36.4 Å². The van der Waals surface area contributed by atoms with Crippen molar-refractivity contribution in [2.75, 3.05) is 27.3 Å². The normalized spacial score (nSPS) is 22.8. The molecule has 0 aliphatic carbocycles. The number of methoxy groups -OCH3 is 2. The van der Waals surface area contributed by atoms with Crippen LogP contribution >= 0.6 is 0 Å². The zero-order valence-electron chi connectivity index (χ0n) is 12.9. The number of ether oxygens (including phenoxy) is 2. The molecule has 0 amide bonds. The molecule has 21 heavy (non-hydrogen) atoms. The number of carboxylic acids is 1. The molecule has 1 heterocycles. The number of carbonyl (C=O) groups is 1. The molecule has 1 N–H and O–H groups in total. The highest BCUT2D eigenvalue weighted by Gasteiger charge is 2.37. The van der Waals surface area contributed by atoms with Gasteiger partial charge in [0.25, 0.3) is 0 Å². The van der Waals surface area contributed by atoms with E-state index < -0.39 is 11.4 Å². The second-order valence-electron chi connectivity index (χ2n) is 5.86. The Morgan fingerprint density at radius 3 is 2.76 bits per heavy atom. The van der Waals surface area contributed by atoms with Crippen LogP contribution in [-0.4, -0.2) is 43.3 Å². The van der Waals surface area contributed by atoms with Gasteiger partial charge in [-0.15, -0.1) is 0 Å². The van der Waals surface area contributed by atoms with Crippen molar-refractivity contribution in [3.8, 4) is 11.5 Å². The summed E-state index contributed by atoms with van der Waals surface area (Å²) in [4.78, 5) is 13.6. The topological polar surface area (TPSA) is 59.0 Å². The molecule has 0 aromatic heterocycles. The van der Waals surface area contributed by atoms with Gasteiger partial charge >= 0.3 is 5.97 Å². The minimum Gasteiger partial charge on any atom is -0.497 e. The van der Waals surface area contributed by atoms with Gasteiger partial charge in [-0.1, -0.05) is 6.07 Å². The van der Waals surface area contributed by atoms with E-state index in [1.54, 1.807) is 14.2 Å². The van der Waals surface area contributed by atoms with Crippen LogP contribution in [0.4, 0.5) is 0 Å². The Morgan fingerprint density at radius 2 is 2.14 bits per heavy atom. The zero-order valence-corrected chi connectivity index (χ0v) is 12.9. The number of benzene rings is 1. The van der Waals surface area contributed by atoms with Crippen LogP contribution in [0.1, 0.15) is 25.3 Å². The maximum Gasteiger partial charge on any atom is 0.310 e. The van der Waals surface area contributed by atoms with Crippen LogP contribution < -0.4 is 9.47 Å². The van der Waals surface area contributed by atoms with E-state index in [4.69, 9.17) is 9.47 Å². The molecular weight excluding hydrogens is 270 g/mol. The molecule has 5 heteroatoms. The molecule has 0 bridgehead atoms. The summed E-state index contributed by atoms with van der Waals surface area (Å²) in [5.41, 5.74) is 0.394. The van der Waals surface area contributed by atoms with Crippen LogP contribution in [-0.2, 0) is 11.3 Å². The fourth-order valence-corrected chi connectivity index (χ4v) is 2.88. The van der Waals surface area contributed by atoms with Crippen molar-refractivity contribution < 1.29 is 19.4 Å². The molecule has 1 unspecified atom stereocenters. The highest BCUT2D eigenvalue weighted by molar-refractivity contribution is 5.74. The maximum absolute atomic E-state index is 11.4. The fourth-order valence-electron chi connectivity index (χ4n) is 2.88. The first-order valence-electron chi connectivity index (χ1n) is 7.15. The Hall–Kier alpha value is -1.75. The van der Waals surface area contributed by atoms with E-state index >= 15 is 0 Å². The average molecular weight is 293 g/mol. The van der Waals surface area contributed by atoms with Crippen molar-refractivity contribution in [1.29, 1.82) is 0 Å². The summed E-state index contributed by atoms with van der Waals surface area (Å²) in [5.74, 6) is 0.815.